The molecule has 3 amide bonds. The van der Waals surface area contributed by atoms with Crippen molar-refractivity contribution < 1.29 is 32.2 Å². The average Bonchev–Trinajstić information content (AvgIpc) is 2.78. The second-order valence-electron chi connectivity index (χ2n) is 8.44. The molecule has 34 heavy (non-hydrogen) atoms. The molecular weight excluding hydrogens is 475 g/mol. The van der Waals surface area contributed by atoms with Crippen molar-refractivity contribution in [2.75, 3.05) is 18.6 Å². The van der Waals surface area contributed by atoms with E-state index in [1.54, 1.807) is 19.2 Å². The first kappa shape index (κ1) is 24.1. The van der Waals surface area contributed by atoms with Crippen LogP contribution in [-0.2, 0) is 4.79 Å². The van der Waals surface area contributed by atoms with Crippen LogP contribution in [0.1, 0.15) is 36.3 Å². The van der Waals surface area contributed by atoms with Crippen molar-refractivity contribution in [1.29, 1.82) is 0 Å². The number of carbonyl (C=O) groups excluding carboxylic acids is 2. The summed E-state index contributed by atoms with van der Waals surface area (Å²) in [5, 5.41) is 3.43. The van der Waals surface area contributed by atoms with E-state index >= 15 is 0 Å². The molecule has 2 fully saturated rings. The van der Waals surface area contributed by atoms with Gasteiger partial charge in [0.1, 0.15) is 17.2 Å². The van der Waals surface area contributed by atoms with Crippen molar-refractivity contribution in [1.82, 2.24) is 10.3 Å². The maximum atomic E-state index is 13.4. The van der Waals surface area contributed by atoms with Crippen molar-refractivity contribution in [2.24, 2.45) is 5.92 Å². The largest absolute Gasteiger partial charge is 0.497 e. The minimum Gasteiger partial charge on any atom is -0.497 e. The molecule has 1 aliphatic carbocycles. The monoisotopic (exact) mass is 497 g/mol. The van der Waals surface area contributed by atoms with Crippen LogP contribution >= 0.6 is 11.6 Å². The van der Waals surface area contributed by atoms with Gasteiger partial charge in [-0.2, -0.15) is 13.2 Å². The summed E-state index contributed by atoms with van der Waals surface area (Å²) in [5.74, 6) is -0.557. The molecule has 3 unspecified atom stereocenters. The van der Waals surface area contributed by atoms with Gasteiger partial charge in [0.15, 0.2) is 6.61 Å². The number of hydrogen-bond donors (Lipinski definition) is 1. The molecule has 7 nitrogen and oxygen atoms in total. The molecule has 2 heterocycles. The Morgan fingerprint density at radius 2 is 2.00 bits per heavy atom. The third-order valence-corrected chi connectivity index (χ3v) is 6.56. The lowest BCUT2D eigenvalue weighted by Gasteiger charge is -2.42. The molecule has 11 heteroatoms. The zero-order valence-electron chi connectivity index (χ0n) is 18.5. The molecule has 2 aromatic rings. The van der Waals surface area contributed by atoms with Crippen molar-refractivity contribution in [3.05, 3.63) is 46.7 Å². The highest BCUT2D eigenvalue weighted by Gasteiger charge is 2.46. The topological polar surface area (TPSA) is 80.8 Å². The van der Waals surface area contributed by atoms with Gasteiger partial charge in [-0.25, -0.2) is 9.69 Å². The lowest BCUT2D eigenvalue weighted by atomic mass is 9.74. The predicted octanol–water partition coefficient (Wildman–Crippen LogP) is 5.00. The summed E-state index contributed by atoms with van der Waals surface area (Å²) in [6.07, 6.45) is -0.493. The highest BCUT2D eigenvalue weighted by molar-refractivity contribution is 6.31. The standard InChI is InChI=1S/C23H23ClF3N3O4/c1-12-9-28-10-19(20(12)34-11-23(25,26)27)30-21(31)15-5-3-13(7-18(15)29-22(30)32)16-8-14(33-2)4-6-17(16)24/h4,6,8-10,13,15,18H,3,5,7,11H2,1-2H3,(H,29,32). The highest BCUT2D eigenvalue weighted by Crippen LogP contribution is 2.43. The minimum absolute atomic E-state index is 0.00909. The Labute approximate surface area is 199 Å². The number of nitrogens with one attached hydrogen (secondary N) is 1. The van der Waals surface area contributed by atoms with Gasteiger partial charge in [0.05, 0.1) is 19.2 Å². The van der Waals surface area contributed by atoms with Crippen molar-refractivity contribution in [3.63, 3.8) is 0 Å². The second-order valence-corrected chi connectivity index (χ2v) is 8.85. The number of urea groups is 1. The number of halogens is 4. The maximum Gasteiger partial charge on any atom is 0.422 e. The Bertz CT molecular complexity index is 1110. The SMILES string of the molecule is COc1ccc(Cl)c(C2CCC3C(=O)N(c4cncc(C)c4OCC(F)(F)F)C(=O)NC3C2)c1. The smallest absolute Gasteiger partial charge is 0.422 e. The van der Waals surface area contributed by atoms with E-state index in [2.05, 4.69) is 10.3 Å². The van der Waals surface area contributed by atoms with E-state index in [0.717, 1.165) is 16.7 Å². The normalized spacial score (nSPS) is 22.8. The van der Waals surface area contributed by atoms with Gasteiger partial charge >= 0.3 is 12.2 Å². The molecule has 0 spiro atoms. The number of imide groups is 1. The van der Waals surface area contributed by atoms with Crippen LogP contribution < -0.4 is 19.7 Å². The molecule has 182 valence electrons. The number of ether oxygens (including phenoxy) is 2. The number of alkyl halides is 3. The van der Waals surface area contributed by atoms with Crippen molar-refractivity contribution >= 4 is 29.2 Å². The number of anilines is 1. The molecule has 1 N–H and O–H groups in total. The average molecular weight is 498 g/mol. The summed E-state index contributed by atoms with van der Waals surface area (Å²) >= 11 is 6.40. The van der Waals surface area contributed by atoms with E-state index in [1.807, 2.05) is 6.07 Å². The van der Waals surface area contributed by atoms with Crippen LogP contribution in [-0.4, -0.2) is 42.9 Å². The van der Waals surface area contributed by atoms with Crippen LogP contribution in [0.15, 0.2) is 30.6 Å². The first-order chi connectivity index (χ1) is 16.1. The van der Waals surface area contributed by atoms with E-state index in [9.17, 15) is 22.8 Å². The first-order valence-electron chi connectivity index (χ1n) is 10.7. The van der Waals surface area contributed by atoms with Gasteiger partial charge < -0.3 is 14.8 Å². The third kappa shape index (κ3) is 4.77. The Balaban J connectivity index is 1.57. The summed E-state index contributed by atoms with van der Waals surface area (Å²) in [6, 6.07) is 4.20. The molecule has 2 aliphatic rings. The Morgan fingerprint density at radius 1 is 1.24 bits per heavy atom. The number of amides is 3. The van der Waals surface area contributed by atoms with Crippen molar-refractivity contribution in [3.8, 4) is 11.5 Å². The molecule has 1 aromatic carbocycles. The molecule has 1 saturated heterocycles. The van der Waals surface area contributed by atoms with Crippen LogP contribution in [0.4, 0.5) is 23.7 Å². The van der Waals surface area contributed by atoms with Crippen molar-refractivity contribution in [2.45, 2.75) is 44.3 Å². The number of methoxy groups -OCH3 is 1. The second kappa shape index (κ2) is 9.32. The molecule has 1 saturated carbocycles. The lowest BCUT2D eigenvalue weighted by Crippen LogP contribution is -2.61. The van der Waals surface area contributed by atoms with Crippen LogP contribution in [0.3, 0.4) is 0 Å². The number of fused-ring (bicyclic) bond motifs is 1. The Kier molecular flexibility index (Phi) is 6.62. The number of benzene rings is 1. The lowest BCUT2D eigenvalue weighted by molar-refractivity contribution is -0.153. The number of pyridine rings is 1. The summed E-state index contributed by atoms with van der Waals surface area (Å²) in [4.78, 5) is 31.1. The fraction of sp³-hybridized carbons (Fsp3) is 0.435. The van der Waals surface area contributed by atoms with E-state index in [1.165, 1.54) is 13.1 Å². The van der Waals surface area contributed by atoms with Crippen LogP contribution in [0.25, 0.3) is 0 Å². The van der Waals surface area contributed by atoms with Crippen LogP contribution in [0.2, 0.25) is 5.02 Å². The molecule has 0 bridgehead atoms. The van der Waals surface area contributed by atoms with Gasteiger partial charge in [-0.05, 0) is 55.9 Å². The number of aryl methyl sites for hydroxylation is 1. The van der Waals surface area contributed by atoms with Gasteiger partial charge in [0.2, 0.25) is 5.91 Å². The van der Waals surface area contributed by atoms with Gasteiger partial charge in [-0.3, -0.25) is 9.78 Å². The number of aromatic nitrogens is 1. The maximum absolute atomic E-state index is 13.4. The Morgan fingerprint density at radius 3 is 2.71 bits per heavy atom. The highest BCUT2D eigenvalue weighted by atomic mass is 35.5. The first-order valence-corrected chi connectivity index (χ1v) is 11.1. The zero-order chi connectivity index (χ0) is 24.6. The number of carbonyl (C=O) groups is 2. The number of nitrogens with zero attached hydrogens (tertiary/aromatic N) is 2. The van der Waals surface area contributed by atoms with Gasteiger partial charge in [-0.1, -0.05) is 11.6 Å². The predicted molar refractivity (Wildman–Crippen MR) is 118 cm³/mol. The van der Waals surface area contributed by atoms with E-state index in [-0.39, 0.29) is 22.9 Å². The minimum atomic E-state index is -4.58. The molecule has 1 aliphatic heterocycles. The quantitative estimate of drug-likeness (QED) is 0.628. The molecule has 4 rings (SSSR count). The fourth-order valence-corrected chi connectivity index (χ4v) is 4.90. The third-order valence-electron chi connectivity index (χ3n) is 6.22. The molecule has 3 atom stereocenters. The zero-order valence-corrected chi connectivity index (χ0v) is 19.2. The summed E-state index contributed by atoms with van der Waals surface area (Å²) in [5.41, 5.74) is 1.05. The molecule has 1 aromatic heterocycles. The molecule has 0 radical (unpaired) electrons. The molecular formula is C23H23ClF3N3O4. The van der Waals surface area contributed by atoms with Gasteiger partial charge in [0, 0.05) is 22.8 Å². The van der Waals surface area contributed by atoms with Crippen LogP contribution in [0.5, 0.6) is 11.5 Å². The fourth-order valence-electron chi connectivity index (χ4n) is 4.63. The van der Waals surface area contributed by atoms with E-state index in [0.29, 0.717) is 30.0 Å². The van der Waals surface area contributed by atoms with Gasteiger partial charge in [0.25, 0.3) is 0 Å². The summed E-state index contributed by atoms with van der Waals surface area (Å²) in [6.45, 7) is -0.0516. The van der Waals surface area contributed by atoms with E-state index < -0.39 is 36.7 Å². The van der Waals surface area contributed by atoms with Crippen LogP contribution in [0, 0.1) is 12.8 Å². The number of rotatable bonds is 5. The summed E-state index contributed by atoms with van der Waals surface area (Å²) < 4.78 is 48.5. The van der Waals surface area contributed by atoms with E-state index in [4.69, 9.17) is 21.1 Å². The Hall–Kier alpha value is -3.01. The summed E-state index contributed by atoms with van der Waals surface area (Å²) in [7, 11) is 1.56. The van der Waals surface area contributed by atoms with Gasteiger partial charge in [-0.15, -0.1) is 0 Å². The number of hydrogen-bond acceptors (Lipinski definition) is 5.